The van der Waals surface area contributed by atoms with Gasteiger partial charge in [0.2, 0.25) is 5.89 Å². The Labute approximate surface area is 151 Å². The molecule has 8 heteroatoms. The number of amides is 1. The van der Waals surface area contributed by atoms with Crippen LogP contribution in [0.25, 0.3) is 0 Å². The average molecular weight is 371 g/mol. The van der Waals surface area contributed by atoms with Crippen molar-refractivity contribution >= 4 is 21.8 Å². The summed E-state index contributed by atoms with van der Waals surface area (Å²) in [4.78, 5) is 12.3. The van der Waals surface area contributed by atoms with Crippen LogP contribution in [0.2, 0.25) is 0 Å². The van der Waals surface area contributed by atoms with Gasteiger partial charge in [-0.3, -0.25) is 10.1 Å². The van der Waals surface area contributed by atoms with Crippen molar-refractivity contribution < 1.29 is 17.6 Å². The summed E-state index contributed by atoms with van der Waals surface area (Å²) in [5.74, 6) is -0.398. The number of carbonyl (C=O) groups is 1. The van der Waals surface area contributed by atoms with Crippen LogP contribution in [-0.4, -0.2) is 30.3 Å². The lowest BCUT2D eigenvalue weighted by molar-refractivity contribution is 0.102. The zero-order valence-electron chi connectivity index (χ0n) is 14.0. The van der Waals surface area contributed by atoms with Crippen LogP contribution in [0, 0.1) is 6.92 Å². The molecular weight excluding hydrogens is 354 g/mol. The first kappa shape index (κ1) is 17.8. The van der Waals surface area contributed by atoms with E-state index < -0.39 is 9.84 Å². The van der Waals surface area contributed by atoms with Gasteiger partial charge in [0.25, 0.3) is 5.91 Å². The molecule has 3 rings (SSSR count). The van der Waals surface area contributed by atoms with Crippen LogP contribution in [0.15, 0.2) is 63.9 Å². The SMILES string of the molecule is Cc1ccc(C(=O)Nc2nnc(CCS(=O)(=O)c3ccccc3)o2)cc1. The minimum Gasteiger partial charge on any atom is -0.408 e. The van der Waals surface area contributed by atoms with Crippen molar-refractivity contribution in [3.63, 3.8) is 0 Å². The van der Waals surface area contributed by atoms with E-state index in [0.717, 1.165) is 5.56 Å². The molecule has 7 nitrogen and oxygen atoms in total. The van der Waals surface area contributed by atoms with E-state index in [1.54, 1.807) is 30.3 Å². The van der Waals surface area contributed by atoms with Gasteiger partial charge in [-0.25, -0.2) is 8.42 Å². The summed E-state index contributed by atoms with van der Waals surface area (Å²) in [6.45, 7) is 1.93. The predicted octanol–water partition coefficient (Wildman–Crippen LogP) is 2.65. The molecule has 0 fully saturated rings. The fourth-order valence-corrected chi connectivity index (χ4v) is 3.50. The van der Waals surface area contributed by atoms with Gasteiger partial charge in [0.15, 0.2) is 9.84 Å². The van der Waals surface area contributed by atoms with Gasteiger partial charge in [0, 0.05) is 12.0 Å². The van der Waals surface area contributed by atoms with Crippen molar-refractivity contribution in [2.75, 3.05) is 11.1 Å². The normalized spacial score (nSPS) is 11.3. The second kappa shape index (κ2) is 7.49. The molecular formula is C18H17N3O4S. The number of sulfone groups is 1. The smallest absolute Gasteiger partial charge is 0.322 e. The predicted molar refractivity (Wildman–Crippen MR) is 95.6 cm³/mol. The van der Waals surface area contributed by atoms with E-state index in [2.05, 4.69) is 15.5 Å². The summed E-state index contributed by atoms with van der Waals surface area (Å²) >= 11 is 0. The Morgan fingerprint density at radius 3 is 2.42 bits per heavy atom. The molecule has 1 N–H and O–H groups in total. The number of rotatable bonds is 6. The number of benzene rings is 2. The number of nitrogens with one attached hydrogen (secondary N) is 1. The number of aryl methyl sites for hydroxylation is 2. The average Bonchev–Trinajstić information content (AvgIpc) is 3.09. The summed E-state index contributed by atoms with van der Waals surface area (Å²) < 4.78 is 29.8. The third kappa shape index (κ3) is 4.34. The molecule has 0 radical (unpaired) electrons. The van der Waals surface area contributed by atoms with E-state index in [9.17, 15) is 13.2 Å². The highest BCUT2D eigenvalue weighted by Crippen LogP contribution is 2.14. The van der Waals surface area contributed by atoms with Crippen molar-refractivity contribution in [3.8, 4) is 0 Å². The molecule has 2 aromatic carbocycles. The zero-order chi connectivity index (χ0) is 18.6. The lowest BCUT2D eigenvalue weighted by Crippen LogP contribution is -2.12. The monoisotopic (exact) mass is 371 g/mol. The van der Waals surface area contributed by atoms with E-state index in [-0.39, 0.29) is 34.9 Å². The zero-order valence-corrected chi connectivity index (χ0v) is 14.9. The fraction of sp³-hybridized carbons (Fsp3) is 0.167. The van der Waals surface area contributed by atoms with E-state index in [1.807, 2.05) is 19.1 Å². The molecule has 0 atom stereocenters. The van der Waals surface area contributed by atoms with Crippen LogP contribution in [0.3, 0.4) is 0 Å². The number of anilines is 1. The first-order valence-electron chi connectivity index (χ1n) is 7.92. The Hall–Kier alpha value is -3.00. The van der Waals surface area contributed by atoms with Crippen molar-refractivity contribution in [3.05, 3.63) is 71.6 Å². The molecule has 26 heavy (non-hydrogen) atoms. The van der Waals surface area contributed by atoms with E-state index >= 15 is 0 Å². The van der Waals surface area contributed by atoms with Crippen molar-refractivity contribution in [1.82, 2.24) is 10.2 Å². The highest BCUT2D eigenvalue weighted by atomic mass is 32.2. The number of nitrogens with zero attached hydrogens (tertiary/aromatic N) is 2. The molecule has 0 aliphatic heterocycles. The van der Waals surface area contributed by atoms with Gasteiger partial charge in [-0.2, -0.15) is 0 Å². The molecule has 134 valence electrons. The summed E-state index contributed by atoms with van der Waals surface area (Å²) in [5.41, 5.74) is 1.50. The first-order valence-corrected chi connectivity index (χ1v) is 9.57. The number of carbonyl (C=O) groups excluding carboxylic acids is 1. The van der Waals surface area contributed by atoms with Crippen LogP contribution in [0.4, 0.5) is 6.01 Å². The maximum atomic E-state index is 12.2. The van der Waals surface area contributed by atoms with Crippen LogP contribution in [0.1, 0.15) is 21.8 Å². The van der Waals surface area contributed by atoms with Crippen molar-refractivity contribution in [1.29, 1.82) is 0 Å². The minimum atomic E-state index is -3.43. The summed E-state index contributed by atoms with van der Waals surface area (Å²) in [5, 5.41) is 10.0. The van der Waals surface area contributed by atoms with Crippen LogP contribution >= 0.6 is 0 Å². The van der Waals surface area contributed by atoms with Crippen molar-refractivity contribution in [2.45, 2.75) is 18.2 Å². The third-order valence-corrected chi connectivity index (χ3v) is 5.42. The van der Waals surface area contributed by atoms with Gasteiger partial charge in [-0.15, -0.1) is 5.10 Å². The Morgan fingerprint density at radius 1 is 1.04 bits per heavy atom. The Balaban J connectivity index is 1.61. The molecule has 0 bridgehead atoms. The van der Waals surface area contributed by atoms with E-state index in [1.165, 1.54) is 12.1 Å². The molecule has 0 aliphatic rings. The maximum absolute atomic E-state index is 12.2. The first-order chi connectivity index (χ1) is 12.4. The summed E-state index contributed by atoms with van der Waals surface area (Å²) in [7, 11) is -3.43. The van der Waals surface area contributed by atoms with Gasteiger partial charge in [-0.05, 0) is 31.2 Å². The van der Waals surface area contributed by atoms with Crippen molar-refractivity contribution in [2.24, 2.45) is 0 Å². The third-order valence-electron chi connectivity index (χ3n) is 3.69. The number of hydrogen-bond donors (Lipinski definition) is 1. The molecule has 0 saturated carbocycles. The molecule has 0 spiro atoms. The Morgan fingerprint density at radius 2 is 1.73 bits per heavy atom. The highest BCUT2D eigenvalue weighted by molar-refractivity contribution is 7.91. The largest absolute Gasteiger partial charge is 0.408 e. The van der Waals surface area contributed by atoms with Crippen LogP contribution in [0.5, 0.6) is 0 Å². The van der Waals surface area contributed by atoms with Crippen LogP contribution in [-0.2, 0) is 16.3 Å². The van der Waals surface area contributed by atoms with Gasteiger partial charge in [0.05, 0.1) is 10.6 Å². The van der Waals surface area contributed by atoms with E-state index in [4.69, 9.17) is 4.42 Å². The lowest BCUT2D eigenvalue weighted by Gasteiger charge is -2.02. The molecule has 0 aliphatic carbocycles. The molecule has 0 saturated heterocycles. The van der Waals surface area contributed by atoms with Crippen LogP contribution < -0.4 is 5.32 Å². The van der Waals surface area contributed by atoms with Gasteiger partial charge < -0.3 is 4.42 Å². The lowest BCUT2D eigenvalue weighted by atomic mass is 10.1. The molecule has 1 aromatic heterocycles. The Bertz CT molecular complexity index is 996. The molecule has 0 unspecified atom stereocenters. The minimum absolute atomic E-state index is 0.0601. The molecule has 1 heterocycles. The second-order valence-corrected chi connectivity index (χ2v) is 7.81. The summed E-state index contributed by atoms with van der Waals surface area (Å²) in [6.07, 6.45) is 0.0601. The van der Waals surface area contributed by atoms with Gasteiger partial charge >= 0.3 is 6.01 Å². The standard InChI is InChI=1S/C18H17N3O4S/c1-13-7-9-14(10-8-13)17(22)19-18-21-20-16(25-18)11-12-26(23,24)15-5-3-2-4-6-15/h2-10H,11-12H2,1H3,(H,19,21,22). The fourth-order valence-electron chi connectivity index (χ4n) is 2.25. The quantitative estimate of drug-likeness (QED) is 0.715. The highest BCUT2D eigenvalue weighted by Gasteiger charge is 2.17. The number of hydrogen-bond acceptors (Lipinski definition) is 6. The van der Waals surface area contributed by atoms with E-state index in [0.29, 0.717) is 5.56 Å². The number of aromatic nitrogens is 2. The maximum Gasteiger partial charge on any atom is 0.322 e. The van der Waals surface area contributed by atoms with Gasteiger partial charge in [0.1, 0.15) is 0 Å². The summed E-state index contributed by atoms with van der Waals surface area (Å²) in [6, 6.07) is 15.1. The molecule has 1 amide bonds. The van der Waals surface area contributed by atoms with Gasteiger partial charge in [-0.1, -0.05) is 41.0 Å². The second-order valence-electron chi connectivity index (χ2n) is 5.70. The Kier molecular flexibility index (Phi) is 5.13. The topological polar surface area (TPSA) is 102 Å². The molecule has 3 aromatic rings.